The van der Waals surface area contributed by atoms with Crippen LogP contribution in [0, 0.1) is 15.9 Å². The molecule has 0 aliphatic carbocycles. The van der Waals surface area contributed by atoms with Gasteiger partial charge in [-0.05, 0) is 12.1 Å². The molecule has 1 N–H and O–H groups in total. The van der Waals surface area contributed by atoms with Crippen LogP contribution in [-0.2, 0) is 4.74 Å². The number of methoxy groups -OCH3 is 1. The minimum Gasteiger partial charge on any atom is -0.500 e. The molecule has 0 aliphatic heterocycles. The van der Waals surface area contributed by atoms with Crippen LogP contribution in [0.1, 0.15) is 10.4 Å². The second-order valence-corrected chi connectivity index (χ2v) is 2.54. The predicted octanol–water partition coefficient (Wildman–Crippen LogP) is 1.23. The number of nitrogens with zero attached hydrogens (tertiary/aromatic N) is 1. The molecule has 0 heterocycles. The van der Waals surface area contributed by atoms with E-state index >= 15 is 0 Å². The van der Waals surface area contributed by atoms with Gasteiger partial charge in [0.15, 0.2) is 5.82 Å². The molecule has 0 radical (unpaired) electrons. The van der Waals surface area contributed by atoms with E-state index in [4.69, 9.17) is 5.11 Å². The van der Waals surface area contributed by atoms with Gasteiger partial charge in [0.05, 0.1) is 12.0 Å². The summed E-state index contributed by atoms with van der Waals surface area (Å²) in [5, 5.41) is 19.6. The number of hydrogen-bond donors (Lipinski definition) is 1. The van der Waals surface area contributed by atoms with Crippen molar-refractivity contribution < 1.29 is 24.0 Å². The minimum atomic E-state index is -1.18. The third-order valence-electron chi connectivity index (χ3n) is 1.69. The molecule has 0 atom stereocenters. The van der Waals surface area contributed by atoms with Crippen LogP contribution in [0.2, 0.25) is 0 Å². The van der Waals surface area contributed by atoms with E-state index in [0.29, 0.717) is 0 Å². The molecule has 1 aromatic rings. The Labute approximate surface area is 83.0 Å². The van der Waals surface area contributed by atoms with Gasteiger partial charge in [0.2, 0.25) is 5.75 Å². The quantitative estimate of drug-likeness (QED) is 0.455. The lowest BCUT2D eigenvalue weighted by atomic mass is 10.1. The van der Waals surface area contributed by atoms with E-state index in [1.54, 1.807) is 0 Å². The Balaban J connectivity index is 3.46. The number of phenols is 1. The molecule has 6 nitrogen and oxygen atoms in total. The molecular formula is C8H6FNO5. The van der Waals surface area contributed by atoms with Crippen molar-refractivity contribution in [3.8, 4) is 5.75 Å². The zero-order valence-electron chi connectivity index (χ0n) is 7.56. The summed E-state index contributed by atoms with van der Waals surface area (Å²) in [6, 6.07) is 1.62. The highest BCUT2D eigenvalue weighted by atomic mass is 19.1. The average Bonchev–Trinajstić information content (AvgIpc) is 2.20. The first kappa shape index (κ1) is 10.9. The summed E-state index contributed by atoms with van der Waals surface area (Å²) in [7, 11) is 1.02. The van der Waals surface area contributed by atoms with E-state index in [9.17, 15) is 19.3 Å². The van der Waals surface area contributed by atoms with Crippen molar-refractivity contribution in [2.75, 3.05) is 7.11 Å². The Morgan fingerprint density at radius 2 is 2.20 bits per heavy atom. The third kappa shape index (κ3) is 1.85. The van der Waals surface area contributed by atoms with E-state index in [2.05, 4.69) is 4.74 Å². The fourth-order valence-corrected chi connectivity index (χ4v) is 1.01. The van der Waals surface area contributed by atoms with Crippen LogP contribution < -0.4 is 0 Å². The molecule has 1 rings (SSSR count). The number of carbonyl (C=O) groups excluding carboxylic acids is 1. The molecule has 0 bridgehead atoms. The number of nitro groups is 1. The van der Waals surface area contributed by atoms with Crippen molar-refractivity contribution in [2.45, 2.75) is 0 Å². The molecule has 0 aliphatic rings. The summed E-state index contributed by atoms with van der Waals surface area (Å²) in [5.41, 5.74) is -1.50. The number of nitro benzene ring substituents is 1. The van der Waals surface area contributed by atoms with Gasteiger partial charge in [-0.3, -0.25) is 10.1 Å². The van der Waals surface area contributed by atoms with Crippen molar-refractivity contribution in [1.82, 2.24) is 0 Å². The highest BCUT2D eigenvalue weighted by Crippen LogP contribution is 2.32. The summed E-state index contributed by atoms with van der Waals surface area (Å²) in [6.07, 6.45) is 0. The molecule has 0 spiro atoms. The fourth-order valence-electron chi connectivity index (χ4n) is 1.01. The van der Waals surface area contributed by atoms with Gasteiger partial charge in [0, 0.05) is 0 Å². The Morgan fingerprint density at radius 1 is 1.60 bits per heavy atom. The lowest BCUT2D eigenvalue weighted by Crippen LogP contribution is -2.06. The molecule has 1 aromatic carbocycles. The minimum absolute atomic E-state index is 0.499. The maximum Gasteiger partial charge on any atom is 0.345 e. The number of halogens is 1. The molecule has 80 valence electrons. The Morgan fingerprint density at radius 3 is 2.67 bits per heavy atom. The van der Waals surface area contributed by atoms with Crippen molar-refractivity contribution in [3.63, 3.8) is 0 Å². The zero-order chi connectivity index (χ0) is 11.6. The van der Waals surface area contributed by atoms with E-state index in [-0.39, 0.29) is 0 Å². The van der Waals surface area contributed by atoms with Gasteiger partial charge in [0.25, 0.3) is 0 Å². The van der Waals surface area contributed by atoms with E-state index in [1.165, 1.54) is 0 Å². The van der Waals surface area contributed by atoms with Gasteiger partial charge in [-0.2, -0.15) is 0 Å². The molecule has 0 amide bonds. The van der Waals surface area contributed by atoms with Crippen molar-refractivity contribution >= 4 is 11.7 Å². The molecule has 0 saturated heterocycles. The third-order valence-corrected chi connectivity index (χ3v) is 1.69. The van der Waals surface area contributed by atoms with Crippen LogP contribution in [0.5, 0.6) is 5.75 Å². The van der Waals surface area contributed by atoms with Gasteiger partial charge in [-0.25, -0.2) is 9.18 Å². The topological polar surface area (TPSA) is 89.7 Å². The molecular weight excluding hydrogens is 209 g/mol. The lowest BCUT2D eigenvalue weighted by molar-refractivity contribution is -0.386. The Kier molecular flexibility index (Phi) is 2.84. The molecule has 0 aromatic heterocycles. The number of ether oxygens (including phenoxy) is 1. The van der Waals surface area contributed by atoms with Crippen molar-refractivity contribution in [2.24, 2.45) is 0 Å². The number of hydrogen-bond acceptors (Lipinski definition) is 5. The first-order chi connectivity index (χ1) is 6.99. The standard InChI is InChI=1S/C8H6FNO5/c1-15-8(12)4-2-3-5(9)7(11)6(4)10(13)14/h2-3,11H,1H3. The second kappa shape index (κ2) is 3.91. The number of esters is 1. The Bertz CT molecular complexity index is 431. The number of carbonyl (C=O) groups is 1. The van der Waals surface area contributed by atoms with E-state index in [0.717, 1.165) is 19.2 Å². The highest BCUT2D eigenvalue weighted by molar-refractivity contribution is 5.95. The molecule has 0 saturated carbocycles. The highest BCUT2D eigenvalue weighted by Gasteiger charge is 2.27. The summed E-state index contributed by atoms with van der Waals surface area (Å²) in [6.45, 7) is 0. The van der Waals surface area contributed by atoms with Gasteiger partial charge in [-0.15, -0.1) is 0 Å². The molecule has 0 unspecified atom stereocenters. The SMILES string of the molecule is COC(=O)c1ccc(F)c(O)c1[N+](=O)[O-]. The summed E-state index contributed by atoms with van der Waals surface area (Å²) in [5.74, 6) is -3.37. The van der Waals surface area contributed by atoms with Crippen LogP contribution in [0.3, 0.4) is 0 Å². The number of phenolic OH excluding ortho intramolecular Hbond substituents is 1. The summed E-state index contributed by atoms with van der Waals surface area (Å²) in [4.78, 5) is 20.5. The normalized spacial score (nSPS) is 9.73. The van der Waals surface area contributed by atoms with Crippen molar-refractivity contribution in [1.29, 1.82) is 0 Å². The smallest absolute Gasteiger partial charge is 0.345 e. The number of benzene rings is 1. The van der Waals surface area contributed by atoms with Crippen LogP contribution in [0.4, 0.5) is 10.1 Å². The first-order valence-corrected chi connectivity index (χ1v) is 3.73. The second-order valence-electron chi connectivity index (χ2n) is 2.54. The van der Waals surface area contributed by atoms with Crippen LogP contribution in [0.25, 0.3) is 0 Å². The van der Waals surface area contributed by atoms with Gasteiger partial charge >= 0.3 is 11.7 Å². The van der Waals surface area contributed by atoms with Gasteiger partial charge < -0.3 is 9.84 Å². The molecule has 0 fully saturated rings. The van der Waals surface area contributed by atoms with Crippen LogP contribution in [0.15, 0.2) is 12.1 Å². The molecule has 7 heteroatoms. The van der Waals surface area contributed by atoms with Gasteiger partial charge in [-0.1, -0.05) is 0 Å². The largest absolute Gasteiger partial charge is 0.500 e. The maximum atomic E-state index is 12.8. The summed E-state index contributed by atoms with van der Waals surface area (Å²) >= 11 is 0. The van der Waals surface area contributed by atoms with Crippen molar-refractivity contribution in [3.05, 3.63) is 33.6 Å². The fraction of sp³-hybridized carbons (Fsp3) is 0.125. The predicted molar refractivity (Wildman–Crippen MR) is 46.1 cm³/mol. The van der Waals surface area contributed by atoms with E-state index < -0.39 is 33.7 Å². The molecule has 15 heavy (non-hydrogen) atoms. The maximum absolute atomic E-state index is 12.8. The average molecular weight is 215 g/mol. The zero-order valence-corrected chi connectivity index (χ0v) is 7.56. The Hall–Kier alpha value is -2.18. The monoisotopic (exact) mass is 215 g/mol. The first-order valence-electron chi connectivity index (χ1n) is 3.73. The summed E-state index contributed by atoms with van der Waals surface area (Å²) < 4.78 is 17.0. The van der Waals surface area contributed by atoms with Gasteiger partial charge in [0.1, 0.15) is 5.56 Å². The number of rotatable bonds is 2. The van der Waals surface area contributed by atoms with Crippen LogP contribution in [-0.4, -0.2) is 23.1 Å². The lowest BCUT2D eigenvalue weighted by Gasteiger charge is -2.02. The van der Waals surface area contributed by atoms with E-state index in [1.807, 2.05) is 0 Å². The van der Waals surface area contributed by atoms with Crippen LogP contribution >= 0.6 is 0 Å². The number of aromatic hydroxyl groups is 1.